The second-order valence-electron chi connectivity index (χ2n) is 6.73. The number of carboxylic acid groups (broad SMARTS) is 1. The molecule has 2 rings (SSSR count). The third kappa shape index (κ3) is 4.58. The highest BCUT2D eigenvalue weighted by Crippen LogP contribution is 2.21. The molecule has 0 unspecified atom stereocenters. The lowest BCUT2D eigenvalue weighted by molar-refractivity contribution is -0.143. The number of carboxylic acids is 1. The first-order valence-corrected chi connectivity index (χ1v) is 9.75. The van der Waals surface area contributed by atoms with Gasteiger partial charge in [-0.05, 0) is 44.9 Å². The lowest BCUT2D eigenvalue weighted by Gasteiger charge is -2.22. The van der Waals surface area contributed by atoms with E-state index in [9.17, 15) is 18.0 Å². The second kappa shape index (κ2) is 7.53. The number of hydrogen-bond acceptors (Lipinski definition) is 4. The Hall–Kier alpha value is -1.93. The topological polar surface area (TPSA) is 104 Å². The molecule has 0 atom stereocenters. The van der Waals surface area contributed by atoms with Crippen molar-refractivity contribution >= 4 is 21.9 Å². The first-order valence-electron chi connectivity index (χ1n) is 8.31. The van der Waals surface area contributed by atoms with Gasteiger partial charge in [-0.15, -0.1) is 0 Å². The summed E-state index contributed by atoms with van der Waals surface area (Å²) in [6.45, 7) is 3.69. The largest absolute Gasteiger partial charge is 0.480 e. The van der Waals surface area contributed by atoms with E-state index in [1.165, 1.54) is 42.4 Å². The molecule has 0 saturated carbocycles. The molecule has 25 heavy (non-hydrogen) atoms. The molecule has 7 nitrogen and oxygen atoms in total. The van der Waals surface area contributed by atoms with Gasteiger partial charge in [-0.3, -0.25) is 4.79 Å². The van der Waals surface area contributed by atoms with Crippen molar-refractivity contribution in [3.05, 3.63) is 29.8 Å². The van der Waals surface area contributed by atoms with Gasteiger partial charge in [0.05, 0.1) is 4.90 Å². The molecule has 138 valence electrons. The number of aliphatic carboxylic acids is 1. The monoisotopic (exact) mass is 368 g/mol. The van der Waals surface area contributed by atoms with Gasteiger partial charge < -0.3 is 10.4 Å². The normalized spacial score (nSPS) is 16.9. The fourth-order valence-electron chi connectivity index (χ4n) is 2.64. The van der Waals surface area contributed by atoms with Crippen molar-refractivity contribution < 1.29 is 23.1 Å². The molecule has 0 radical (unpaired) electrons. The number of nitrogens with zero attached hydrogens (tertiary/aromatic N) is 1. The maximum atomic E-state index is 12.8. The summed E-state index contributed by atoms with van der Waals surface area (Å²) in [6.07, 6.45) is 3.68. The summed E-state index contributed by atoms with van der Waals surface area (Å²) in [4.78, 5) is 23.5. The highest BCUT2D eigenvalue weighted by molar-refractivity contribution is 7.89. The minimum atomic E-state index is -3.66. The van der Waals surface area contributed by atoms with E-state index in [1.54, 1.807) is 0 Å². The van der Waals surface area contributed by atoms with Crippen LogP contribution in [-0.4, -0.2) is 48.3 Å². The van der Waals surface area contributed by atoms with Crippen LogP contribution in [0.4, 0.5) is 0 Å². The fraction of sp³-hybridized carbons (Fsp3) is 0.529. The van der Waals surface area contributed by atoms with Gasteiger partial charge in [-0.1, -0.05) is 18.9 Å². The zero-order valence-electron chi connectivity index (χ0n) is 14.5. The number of benzene rings is 1. The molecule has 1 aromatic rings. The third-order valence-electron chi connectivity index (χ3n) is 4.26. The van der Waals surface area contributed by atoms with E-state index in [-0.39, 0.29) is 10.5 Å². The Kier molecular flexibility index (Phi) is 5.84. The molecular weight excluding hydrogens is 344 g/mol. The zero-order valence-corrected chi connectivity index (χ0v) is 15.3. The van der Waals surface area contributed by atoms with E-state index in [0.29, 0.717) is 13.1 Å². The van der Waals surface area contributed by atoms with Crippen LogP contribution in [0, 0.1) is 0 Å². The molecule has 1 saturated heterocycles. The summed E-state index contributed by atoms with van der Waals surface area (Å²) in [5, 5.41) is 11.5. The predicted molar refractivity (Wildman–Crippen MR) is 92.8 cm³/mol. The molecule has 0 bridgehead atoms. The third-order valence-corrected chi connectivity index (χ3v) is 6.15. The molecule has 1 amide bonds. The number of rotatable bonds is 5. The van der Waals surface area contributed by atoms with Crippen molar-refractivity contribution in [1.29, 1.82) is 0 Å². The molecule has 1 aromatic carbocycles. The highest BCUT2D eigenvalue weighted by atomic mass is 32.2. The average molecular weight is 368 g/mol. The Morgan fingerprint density at radius 3 is 2.28 bits per heavy atom. The number of nitrogens with one attached hydrogen (secondary N) is 1. The molecule has 8 heteroatoms. The standard InChI is InChI=1S/C17H24N2O5S/c1-17(2,16(21)22)18-15(20)13-8-7-9-14(12-13)25(23,24)19-10-5-3-4-6-11-19/h7-9,12H,3-6,10-11H2,1-2H3,(H,18,20)(H,21,22). The van der Waals surface area contributed by atoms with E-state index in [0.717, 1.165) is 25.7 Å². The minimum absolute atomic E-state index is 0.0511. The van der Waals surface area contributed by atoms with Crippen LogP contribution in [0.15, 0.2) is 29.2 Å². The lowest BCUT2D eigenvalue weighted by atomic mass is 10.1. The molecule has 1 fully saturated rings. The molecule has 0 aliphatic carbocycles. The van der Waals surface area contributed by atoms with Crippen molar-refractivity contribution in [3.8, 4) is 0 Å². The number of amides is 1. The maximum absolute atomic E-state index is 12.8. The summed E-state index contributed by atoms with van der Waals surface area (Å²) in [5.74, 6) is -1.80. The van der Waals surface area contributed by atoms with Crippen LogP contribution in [-0.2, 0) is 14.8 Å². The van der Waals surface area contributed by atoms with Crippen LogP contribution >= 0.6 is 0 Å². The smallest absolute Gasteiger partial charge is 0.328 e. The van der Waals surface area contributed by atoms with Crippen molar-refractivity contribution in [2.24, 2.45) is 0 Å². The van der Waals surface area contributed by atoms with E-state index >= 15 is 0 Å². The molecule has 0 spiro atoms. The van der Waals surface area contributed by atoms with Crippen LogP contribution in [0.3, 0.4) is 0 Å². The van der Waals surface area contributed by atoms with Crippen LogP contribution in [0.2, 0.25) is 0 Å². The Morgan fingerprint density at radius 2 is 1.72 bits per heavy atom. The van der Waals surface area contributed by atoms with E-state index in [2.05, 4.69) is 5.32 Å². The predicted octanol–water partition coefficient (Wildman–Crippen LogP) is 1.84. The average Bonchev–Trinajstić information content (AvgIpc) is 2.84. The van der Waals surface area contributed by atoms with Gasteiger partial charge in [-0.25, -0.2) is 13.2 Å². The lowest BCUT2D eigenvalue weighted by Crippen LogP contribution is -2.49. The number of hydrogen-bond donors (Lipinski definition) is 2. The zero-order chi connectivity index (χ0) is 18.7. The van der Waals surface area contributed by atoms with Gasteiger partial charge >= 0.3 is 5.97 Å². The maximum Gasteiger partial charge on any atom is 0.328 e. The number of carbonyl (C=O) groups is 2. The summed E-state index contributed by atoms with van der Waals surface area (Å²) in [7, 11) is -3.66. The van der Waals surface area contributed by atoms with E-state index in [1.807, 2.05) is 0 Å². The molecule has 2 N–H and O–H groups in total. The summed E-state index contributed by atoms with van der Waals surface area (Å²) in [6, 6.07) is 5.72. The molecular formula is C17H24N2O5S. The van der Waals surface area contributed by atoms with E-state index < -0.39 is 27.4 Å². The van der Waals surface area contributed by atoms with Gasteiger partial charge in [-0.2, -0.15) is 4.31 Å². The van der Waals surface area contributed by atoms with Crippen LogP contribution in [0.25, 0.3) is 0 Å². The molecule has 1 heterocycles. The van der Waals surface area contributed by atoms with Crippen molar-refractivity contribution in [1.82, 2.24) is 9.62 Å². The van der Waals surface area contributed by atoms with Gasteiger partial charge in [0.2, 0.25) is 10.0 Å². The quantitative estimate of drug-likeness (QED) is 0.825. The van der Waals surface area contributed by atoms with Crippen molar-refractivity contribution in [3.63, 3.8) is 0 Å². The van der Waals surface area contributed by atoms with Crippen LogP contribution in [0.1, 0.15) is 49.9 Å². The summed E-state index contributed by atoms with van der Waals surface area (Å²) >= 11 is 0. The summed E-state index contributed by atoms with van der Waals surface area (Å²) in [5.41, 5.74) is -1.33. The SMILES string of the molecule is CC(C)(NC(=O)c1cccc(S(=O)(=O)N2CCCCCC2)c1)C(=O)O. The van der Waals surface area contributed by atoms with Crippen LogP contribution < -0.4 is 5.32 Å². The van der Waals surface area contributed by atoms with Crippen molar-refractivity contribution in [2.75, 3.05) is 13.1 Å². The van der Waals surface area contributed by atoms with Gasteiger partial charge in [0.15, 0.2) is 0 Å². The number of carbonyl (C=O) groups excluding carboxylic acids is 1. The van der Waals surface area contributed by atoms with Crippen molar-refractivity contribution in [2.45, 2.75) is 50.0 Å². The Bertz CT molecular complexity index is 750. The molecule has 1 aliphatic rings. The first kappa shape index (κ1) is 19.4. The highest BCUT2D eigenvalue weighted by Gasteiger charge is 2.30. The Morgan fingerprint density at radius 1 is 1.12 bits per heavy atom. The van der Waals surface area contributed by atoms with Crippen LogP contribution in [0.5, 0.6) is 0 Å². The summed E-state index contributed by atoms with van der Waals surface area (Å²) < 4.78 is 27.1. The minimum Gasteiger partial charge on any atom is -0.480 e. The second-order valence-corrected chi connectivity index (χ2v) is 8.67. The fourth-order valence-corrected chi connectivity index (χ4v) is 4.20. The molecule has 1 aliphatic heterocycles. The first-order chi connectivity index (χ1) is 11.6. The Balaban J connectivity index is 2.25. The van der Waals surface area contributed by atoms with Gasteiger partial charge in [0, 0.05) is 18.7 Å². The van der Waals surface area contributed by atoms with E-state index in [4.69, 9.17) is 5.11 Å². The van der Waals surface area contributed by atoms with Gasteiger partial charge in [0.25, 0.3) is 5.91 Å². The Labute approximate surface area is 148 Å². The number of sulfonamides is 1. The van der Waals surface area contributed by atoms with Gasteiger partial charge in [0.1, 0.15) is 5.54 Å². The molecule has 0 aromatic heterocycles.